The smallest absolute Gasteiger partial charge is 0.136 e. The summed E-state index contributed by atoms with van der Waals surface area (Å²) in [4.78, 5) is 2.40. The van der Waals surface area contributed by atoms with E-state index in [1.165, 1.54) is 54.2 Å². The molecular weight excluding hydrogens is 655 g/mol. The number of para-hydroxylation sites is 1. The van der Waals surface area contributed by atoms with Crippen molar-refractivity contribution in [2.45, 2.75) is 0 Å². The SMILES string of the molecule is c1ccc(N(c2ccc(-c3cccc4c3ccc3ccccc34)cc2)c2ccc3ccccc3c2)c(-c2cccc3oc4cc5ccccc5cc4c23)c1. The molecule has 1 heterocycles. The summed E-state index contributed by atoms with van der Waals surface area (Å²) in [5, 5.41) is 12.1. The van der Waals surface area contributed by atoms with E-state index in [-0.39, 0.29) is 0 Å². The number of rotatable bonds is 5. The van der Waals surface area contributed by atoms with Crippen molar-refractivity contribution in [1.82, 2.24) is 0 Å². The highest BCUT2D eigenvalue weighted by Gasteiger charge is 2.21. The van der Waals surface area contributed by atoms with Crippen molar-refractivity contribution in [2.75, 3.05) is 4.90 Å². The van der Waals surface area contributed by atoms with Crippen LogP contribution in [0.5, 0.6) is 0 Å². The first-order chi connectivity index (χ1) is 26.8. The third-order valence-corrected chi connectivity index (χ3v) is 11.0. The third kappa shape index (κ3) is 4.88. The van der Waals surface area contributed by atoms with E-state index in [1.54, 1.807) is 0 Å². The van der Waals surface area contributed by atoms with Gasteiger partial charge in [0.1, 0.15) is 11.2 Å². The van der Waals surface area contributed by atoms with E-state index >= 15 is 0 Å². The molecule has 0 aliphatic rings. The van der Waals surface area contributed by atoms with Crippen LogP contribution in [0, 0.1) is 0 Å². The molecule has 2 heteroatoms. The van der Waals surface area contributed by atoms with Crippen LogP contribution in [-0.2, 0) is 0 Å². The standard InChI is InChI=1S/C52H33NO/c1-2-13-37-31-41(29-23-34(37)11-1)53(40-27-24-36(25-28-40)43-18-9-19-44-42-16-6-5-12-35(42)26-30-45(43)44)49-21-8-7-17-46(49)47-20-10-22-50-52(47)48-32-38-14-3-4-15-39(38)33-51(48)54-50/h1-33H. The van der Waals surface area contributed by atoms with Gasteiger partial charge in [-0.05, 0) is 108 Å². The molecule has 0 spiro atoms. The largest absolute Gasteiger partial charge is 0.456 e. The van der Waals surface area contributed by atoms with Gasteiger partial charge < -0.3 is 9.32 Å². The van der Waals surface area contributed by atoms with Gasteiger partial charge in [-0.25, -0.2) is 0 Å². The van der Waals surface area contributed by atoms with Crippen molar-refractivity contribution < 1.29 is 4.42 Å². The first kappa shape index (κ1) is 30.5. The van der Waals surface area contributed by atoms with E-state index in [0.29, 0.717) is 0 Å². The molecule has 11 aromatic rings. The fourth-order valence-corrected chi connectivity index (χ4v) is 8.46. The lowest BCUT2D eigenvalue weighted by Crippen LogP contribution is -2.11. The number of hydrogen-bond acceptors (Lipinski definition) is 2. The zero-order valence-corrected chi connectivity index (χ0v) is 29.4. The molecule has 0 saturated heterocycles. The Morgan fingerprint density at radius 1 is 0.315 bits per heavy atom. The third-order valence-electron chi connectivity index (χ3n) is 11.0. The summed E-state index contributed by atoms with van der Waals surface area (Å²) in [6, 6.07) is 72.4. The molecule has 0 aliphatic heterocycles. The summed E-state index contributed by atoms with van der Waals surface area (Å²) in [6.07, 6.45) is 0. The number of fused-ring (bicyclic) bond motifs is 8. The normalized spacial score (nSPS) is 11.7. The van der Waals surface area contributed by atoms with E-state index in [0.717, 1.165) is 50.1 Å². The Labute approximate surface area is 312 Å². The molecule has 54 heavy (non-hydrogen) atoms. The molecule has 0 N–H and O–H groups in total. The molecule has 0 unspecified atom stereocenters. The number of benzene rings is 10. The van der Waals surface area contributed by atoms with Gasteiger partial charge in [-0.1, -0.05) is 152 Å². The molecule has 0 amide bonds. The van der Waals surface area contributed by atoms with E-state index < -0.39 is 0 Å². The van der Waals surface area contributed by atoms with Crippen molar-refractivity contribution in [3.63, 3.8) is 0 Å². The minimum Gasteiger partial charge on any atom is -0.456 e. The van der Waals surface area contributed by atoms with Crippen LogP contribution in [0.15, 0.2) is 205 Å². The first-order valence-electron chi connectivity index (χ1n) is 18.5. The molecule has 2 nitrogen and oxygen atoms in total. The highest BCUT2D eigenvalue weighted by Crippen LogP contribution is 2.46. The van der Waals surface area contributed by atoms with Crippen LogP contribution in [0.1, 0.15) is 0 Å². The quantitative estimate of drug-likeness (QED) is 0.168. The van der Waals surface area contributed by atoms with Gasteiger partial charge in [0.15, 0.2) is 0 Å². The van der Waals surface area contributed by atoms with Crippen molar-refractivity contribution >= 4 is 82.1 Å². The first-order valence-corrected chi connectivity index (χ1v) is 18.5. The van der Waals surface area contributed by atoms with Gasteiger partial charge in [0.2, 0.25) is 0 Å². The Balaban J connectivity index is 1.11. The Kier molecular flexibility index (Phi) is 6.90. The minimum absolute atomic E-state index is 0.886. The average Bonchev–Trinajstić information content (AvgIpc) is 3.60. The predicted octanol–water partition coefficient (Wildman–Crippen LogP) is 15.0. The van der Waals surface area contributed by atoms with E-state index in [2.05, 4.69) is 205 Å². The van der Waals surface area contributed by atoms with Crippen LogP contribution in [-0.4, -0.2) is 0 Å². The van der Waals surface area contributed by atoms with Crippen molar-refractivity contribution in [1.29, 1.82) is 0 Å². The molecule has 252 valence electrons. The Morgan fingerprint density at radius 2 is 0.926 bits per heavy atom. The maximum Gasteiger partial charge on any atom is 0.136 e. The van der Waals surface area contributed by atoms with Crippen molar-refractivity contribution in [2.24, 2.45) is 0 Å². The van der Waals surface area contributed by atoms with E-state index in [4.69, 9.17) is 4.42 Å². The Bertz CT molecular complexity index is 3230. The summed E-state index contributed by atoms with van der Waals surface area (Å²) in [6.45, 7) is 0. The molecule has 10 aromatic carbocycles. The van der Waals surface area contributed by atoms with Gasteiger partial charge in [-0.2, -0.15) is 0 Å². The summed E-state index contributed by atoms with van der Waals surface area (Å²) < 4.78 is 6.54. The molecule has 0 saturated carbocycles. The molecule has 0 aliphatic carbocycles. The summed E-state index contributed by atoms with van der Waals surface area (Å²) >= 11 is 0. The minimum atomic E-state index is 0.886. The molecule has 11 rings (SSSR count). The molecule has 1 aromatic heterocycles. The van der Waals surface area contributed by atoms with Gasteiger partial charge in [0, 0.05) is 27.7 Å². The monoisotopic (exact) mass is 687 g/mol. The predicted molar refractivity (Wildman–Crippen MR) is 229 cm³/mol. The number of anilines is 3. The van der Waals surface area contributed by atoms with Crippen LogP contribution in [0.25, 0.3) is 87.3 Å². The fraction of sp³-hybridized carbons (Fsp3) is 0. The second-order valence-corrected chi connectivity index (χ2v) is 14.1. The number of nitrogens with zero attached hydrogens (tertiary/aromatic N) is 1. The van der Waals surface area contributed by atoms with Crippen LogP contribution in [0.4, 0.5) is 17.1 Å². The van der Waals surface area contributed by atoms with Gasteiger partial charge in [-0.3, -0.25) is 0 Å². The fourth-order valence-electron chi connectivity index (χ4n) is 8.46. The summed E-state index contributed by atoms with van der Waals surface area (Å²) in [5.74, 6) is 0. The molecule has 0 atom stereocenters. The Morgan fingerprint density at radius 3 is 1.78 bits per heavy atom. The van der Waals surface area contributed by atoms with Gasteiger partial charge >= 0.3 is 0 Å². The zero-order chi connectivity index (χ0) is 35.6. The second-order valence-electron chi connectivity index (χ2n) is 14.1. The van der Waals surface area contributed by atoms with Crippen LogP contribution < -0.4 is 4.90 Å². The van der Waals surface area contributed by atoms with Gasteiger partial charge in [-0.15, -0.1) is 0 Å². The van der Waals surface area contributed by atoms with Gasteiger partial charge in [0.05, 0.1) is 5.69 Å². The lowest BCUT2D eigenvalue weighted by atomic mass is 9.94. The average molecular weight is 688 g/mol. The summed E-state index contributed by atoms with van der Waals surface area (Å²) in [7, 11) is 0. The molecule has 0 radical (unpaired) electrons. The van der Waals surface area contributed by atoms with Crippen molar-refractivity contribution in [3.8, 4) is 22.3 Å². The van der Waals surface area contributed by atoms with Crippen LogP contribution in [0.3, 0.4) is 0 Å². The maximum absolute atomic E-state index is 6.54. The maximum atomic E-state index is 6.54. The van der Waals surface area contributed by atoms with Crippen LogP contribution in [0.2, 0.25) is 0 Å². The second kappa shape index (κ2) is 12.2. The van der Waals surface area contributed by atoms with Crippen LogP contribution >= 0.6 is 0 Å². The highest BCUT2D eigenvalue weighted by atomic mass is 16.3. The Hall–Kier alpha value is -7.16. The lowest BCUT2D eigenvalue weighted by Gasteiger charge is -2.28. The van der Waals surface area contributed by atoms with Crippen molar-refractivity contribution in [3.05, 3.63) is 200 Å². The van der Waals surface area contributed by atoms with E-state index in [1.807, 2.05) is 0 Å². The number of hydrogen-bond donors (Lipinski definition) is 0. The van der Waals surface area contributed by atoms with Gasteiger partial charge in [0.25, 0.3) is 0 Å². The lowest BCUT2D eigenvalue weighted by molar-refractivity contribution is 0.669. The topological polar surface area (TPSA) is 16.4 Å². The highest BCUT2D eigenvalue weighted by molar-refractivity contribution is 6.17. The number of furan rings is 1. The molecule has 0 bridgehead atoms. The zero-order valence-electron chi connectivity index (χ0n) is 29.4. The van der Waals surface area contributed by atoms with E-state index in [9.17, 15) is 0 Å². The molecule has 0 fully saturated rings. The summed E-state index contributed by atoms with van der Waals surface area (Å²) in [5.41, 5.74) is 9.76. The molecular formula is C52H33NO.